The topological polar surface area (TPSA) is 37.8 Å². The summed E-state index contributed by atoms with van der Waals surface area (Å²) in [6.45, 7) is 3.28. The van der Waals surface area contributed by atoms with Crippen molar-refractivity contribution >= 4 is 21.7 Å². The highest BCUT2D eigenvalue weighted by Crippen LogP contribution is 2.48. The van der Waals surface area contributed by atoms with Gasteiger partial charge in [0.1, 0.15) is 12.1 Å². The van der Waals surface area contributed by atoms with Gasteiger partial charge in [0.2, 0.25) is 0 Å². The highest BCUT2D eigenvalue weighted by molar-refractivity contribution is 9.10. The molecule has 1 aromatic rings. The minimum atomic E-state index is 0.546. The maximum atomic E-state index is 4.17. The second-order valence-electron chi connectivity index (χ2n) is 3.93. The molecule has 1 fully saturated rings. The average Bonchev–Trinajstić information content (AvgIpc) is 2.98. The van der Waals surface area contributed by atoms with E-state index in [0.29, 0.717) is 5.41 Å². The van der Waals surface area contributed by atoms with Crippen LogP contribution in [0, 0.1) is 5.41 Å². The van der Waals surface area contributed by atoms with E-state index in [1.807, 2.05) is 0 Å². The zero-order valence-corrected chi connectivity index (χ0v) is 9.84. The van der Waals surface area contributed by atoms with Gasteiger partial charge in [-0.1, -0.05) is 6.92 Å². The van der Waals surface area contributed by atoms with Crippen molar-refractivity contribution in [2.24, 2.45) is 5.41 Å². The second kappa shape index (κ2) is 3.85. The van der Waals surface area contributed by atoms with Crippen LogP contribution in [0.2, 0.25) is 0 Å². The summed E-state index contributed by atoms with van der Waals surface area (Å²) >= 11 is 3.42. The predicted molar refractivity (Wildman–Crippen MR) is 60.2 cm³/mol. The Kier molecular flexibility index (Phi) is 2.72. The van der Waals surface area contributed by atoms with Crippen LogP contribution in [-0.4, -0.2) is 16.5 Å². The van der Waals surface area contributed by atoms with Crippen LogP contribution in [0.4, 0.5) is 5.82 Å². The van der Waals surface area contributed by atoms with Crippen LogP contribution in [0.3, 0.4) is 0 Å². The van der Waals surface area contributed by atoms with Crippen molar-refractivity contribution in [2.75, 3.05) is 11.9 Å². The number of hydrogen-bond donors (Lipinski definition) is 1. The zero-order valence-electron chi connectivity index (χ0n) is 8.26. The lowest BCUT2D eigenvalue weighted by Crippen LogP contribution is -2.15. The van der Waals surface area contributed by atoms with Gasteiger partial charge in [-0.15, -0.1) is 0 Å². The molecule has 0 spiro atoms. The third-order valence-corrected chi connectivity index (χ3v) is 3.59. The number of rotatable bonds is 4. The molecule has 1 heterocycles. The van der Waals surface area contributed by atoms with E-state index in [4.69, 9.17) is 0 Å². The van der Waals surface area contributed by atoms with Crippen LogP contribution in [0.25, 0.3) is 0 Å². The molecule has 0 bridgehead atoms. The summed E-state index contributed by atoms with van der Waals surface area (Å²) in [6, 6.07) is 0. The smallest absolute Gasteiger partial charge is 0.143 e. The van der Waals surface area contributed by atoms with E-state index in [-0.39, 0.29) is 0 Å². The number of aromatic nitrogens is 2. The van der Waals surface area contributed by atoms with E-state index in [9.17, 15) is 0 Å². The summed E-state index contributed by atoms with van der Waals surface area (Å²) in [5, 5.41) is 3.37. The molecule has 0 unspecified atom stereocenters. The first-order valence-corrected chi connectivity index (χ1v) is 5.74. The van der Waals surface area contributed by atoms with Gasteiger partial charge >= 0.3 is 0 Å². The minimum absolute atomic E-state index is 0.546. The lowest BCUT2D eigenvalue weighted by molar-refractivity contribution is 0.520. The molecule has 1 aliphatic rings. The largest absolute Gasteiger partial charge is 0.368 e. The van der Waals surface area contributed by atoms with Gasteiger partial charge < -0.3 is 5.32 Å². The van der Waals surface area contributed by atoms with E-state index < -0.39 is 0 Å². The molecule has 1 saturated carbocycles. The summed E-state index contributed by atoms with van der Waals surface area (Å²) in [5.74, 6) is 0.903. The van der Waals surface area contributed by atoms with Gasteiger partial charge in [0, 0.05) is 12.7 Å². The van der Waals surface area contributed by atoms with E-state index in [0.717, 1.165) is 16.8 Å². The van der Waals surface area contributed by atoms with Crippen LogP contribution < -0.4 is 5.32 Å². The summed E-state index contributed by atoms with van der Waals surface area (Å²) in [6.07, 6.45) is 7.28. The molecule has 76 valence electrons. The highest BCUT2D eigenvalue weighted by atomic mass is 79.9. The molecule has 1 N–H and O–H groups in total. The lowest BCUT2D eigenvalue weighted by Gasteiger charge is -2.14. The average molecular weight is 256 g/mol. The van der Waals surface area contributed by atoms with Crippen molar-refractivity contribution < 1.29 is 0 Å². The predicted octanol–water partition coefficient (Wildman–Crippen LogP) is 2.84. The summed E-state index contributed by atoms with van der Waals surface area (Å²) < 4.78 is 0.937. The Balaban J connectivity index is 1.95. The maximum absolute atomic E-state index is 4.17. The third-order valence-electron chi connectivity index (χ3n) is 3.01. The molecule has 0 aliphatic heterocycles. The molecule has 0 aromatic carbocycles. The van der Waals surface area contributed by atoms with Gasteiger partial charge in [0.25, 0.3) is 0 Å². The van der Waals surface area contributed by atoms with Crippen molar-refractivity contribution in [2.45, 2.75) is 26.2 Å². The third kappa shape index (κ3) is 2.05. The molecule has 2 rings (SSSR count). The lowest BCUT2D eigenvalue weighted by atomic mass is 10.0. The first-order chi connectivity index (χ1) is 6.76. The van der Waals surface area contributed by atoms with Crippen LogP contribution >= 0.6 is 15.9 Å². The standard InChI is InChI=1S/C10H14BrN3/c1-2-10(3-4-10)6-13-9-8(11)5-12-7-14-9/h5,7H,2-4,6H2,1H3,(H,12,13,14). The fourth-order valence-corrected chi connectivity index (χ4v) is 1.91. The van der Waals surface area contributed by atoms with Crippen molar-refractivity contribution in [3.8, 4) is 0 Å². The summed E-state index contributed by atoms with van der Waals surface area (Å²) in [5.41, 5.74) is 0.546. The number of anilines is 1. The van der Waals surface area contributed by atoms with E-state index in [1.54, 1.807) is 12.5 Å². The number of nitrogens with one attached hydrogen (secondary N) is 1. The van der Waals surface area contributed by atoms with Crippen LogP contribution in [0.15, 0.2) is 17.0 Å². The molecule has 1 aliphatic carbocycles. The summed E-state index contributed by atoms with van der Waals surface area (Å²) in [7, 11) is 0. The van der Waals surface area contributed by atoms with E-state index in [2.05, 4.69) is 38.1 Å². The number of nitrogens with zero attached hydrogens (tertiary/aromatic N) is 2. The number of halogens is 1. The van der Waals surface area contributed by atoms with Gasteiger partial charge in [0.05, 0.1) is 4.47 Å². The molecule has 4 heteroatoms. The van der Waals surface area contributed by atoms with Gasteiger partial charge in [0.15, 0.2) is 0 Å². The maximum Gasteiger partial charge on any atom is 0.143 e. The van der Waals surface area contributed by atoms with Crippen LogP contribution in [0.1, 0.15) is 26.2 Å². The Morgan fingerprint density at radius 1 is 1.57 bits per heavy atom. The molecule has 14 heavy (non-hydrogen) atoms. The Morgan fingerprint density at radius 3 is 2.93 bits per heavy atom. The second-order valence-corrected chi connectivity index (χ2v) is 4.78. The van der Waals surface area contributed by atoms with Crippen molar-refractivity contribution in [3.05, 3.63) is 17.0 Å². The van der Waals surface area contributed by atoms with Gasteiger partial charge in [-0.05, 0) is 40.6 Å². The molecule has 0 atom stereocenters. The fourth-order valence-electron chi connectivity index (χ4n) is 1.55. The van der Waals surface area contributed by atoms with E-state index in [1.165, 1.54) is 19.3 Å². The SMILES string of the molecule is CCC1(CNc2ncncc2Br)CC1. The molecule has 1 aromatic heterocycles. The monoisotopic (exact) mass is 255 g/mol. The highest BCUT2D eigenvalue weighted by Gasteiger charge is 2.40. The van der Waals surface area contributed by atoms with Crippen molar-refractivity contribution in [1.82, 2.24) is 9.97 Å². The minimum Gasteiger partial charge on any atom is -0.368 e. The number of hydrogen-bond acceptors (Lipinski definition) is 3. The fraction of sp³-hybridized carbons (Fsp3) is 0.600. The van der Waals surface area contributed by atoms with Crippen LogP contribution in [0.5, 0.6) is 0 Å². The molecule has 3 nitrogen and oxygen atoms in total. The van der Waals surface area contributed by atoms with Gasteiger partial charge in [-0.3, -0.25) is 0 Å². The van der Waals surface area contributed by atoms with Crippen LogP contribution in [-0.2, 0) is 0 Å². The molecular weight excluding hydrogens is 242 g/mol. The Morgan fingerprint density at radius 2 is 2.36 bits per heavy atom. The van der Waals surface area contributed by atoms with E-state index >= 15 is 0 Å². The molecular formula is C10H14BrN3. The zero-order chi connectivity index (χ0) is 10.0. The van der Waals surface area contributed by atoms with Crippen molar-refractivity contribution in [1.29, 1.82) is 0 Å². The van der Waals surface area contributed by atoms with Crippen molar-refractivity contribution in [3.63, 3.8) is 0 Å². The molecule has 0 amide bonds. The first-order valence-electron chi connectivity index (χ1n) is 4.95. The molecule has 0 radical (unpaired) electrons. The first kappa shape index (κ1) is 9.90. The Labute approximate surface area is 92.5 Å². The normalized spacial score (nSPS) is 17.9. The van der Waals surface area contributed by atoms with Gasteiger partial charge in [-0.25, -0.2) is 9.97 Å². The van der Waals surface area contributed by atoms with Gasteiger partial charge in [-0.2, -0.15) is 0 Å². The quantitative estimate of drug-likeness (QED) is 0.900. The Bertz CT molecular complexity index is 323. The molecule has 0 saturated heterocycles. The Hall–Kier alpha value is -0.640. The summed E-state index contributed by atoms with van der Waals surface area (Å²) in [4.78, 5) is 8.10.